The highest BCUT2D eigenvalue weighted by atomic mass is 16.5. The largest absolute Gasteiger partial charge is 0.445 e. The maximum Gasteiger partial charge on any atom is 0.408 e. The van der Waals surface area contributed by atoms with Crippen molar-refractivity contribution in [2.24, 2.45) is 0 Å². The summed E-state index contributed by atoms with van der Waals surface area (Å²) in [7, 11) is 0. The number of hydrogen-bond donors (Lipinski definition) is 1. The molecule has 0 saturated heterocycles. The van der Waals surface area contributed by atoms with Crippen molar-refractivity contribution in [1.82, 2.24) is 5.32 Å². The SMILES string of the molecule is O=C(N[C@@H]1Cc2ccccc2CC1=O)OCc1ccccc1. The van der Waals surface area contributed by atoms with Crippen LogP contribution in [0.3, 0.4) is 0 Å². The van der Waals surface area contributed by atoms with Crippen LogP contribution in [-0.4, -0.2) is 17.9 Å². The predicted molar refractivity (Wildman–Crippen MR) is 82.4 cm³/mol. The van der Waals surface area contributed by atoms with Gasteiger partial charge in [-0.25, -0.2) is 4.79 Å². The van der Waals surface area contributed by atoms with Gasteiger partial charge in [-0.05, 0) is 16.7 Å². The highest BCUT2D eigenvalue weighted by Crippen LogP contribution is 2.19. The Labute approximate surface area is 129 Å². The smallest absolute Gasteiger partial charge is 0.408 e. The molecule has 0 bridgehead atoms. The van der Waals surface area contributed by atoms with Crippen molar-refractivity contribution in [1.29, 1.82) is 0 Å². The van der Waals surface area contributed by atoms with Crippen molar-refractivity contribution in [2.45, 2.75) is 25.5 Å². The van der Waals surface area contributed by atoms with Crippen LogP contribution in [0.15, 0.2) is 54.6 Å². The number of hydrogen-bond acceptors (Lipinski definition) is 3. The van der Waals surface area contributed by atoms with Gasteiger partial charge in [-0.3, -0.25) is 4.79 Å². The summed E-state index contributed by atoms with van der Waals surface area (Å²) in [6, 6.07) is 16.8. The number of rotatable bonds is 3. The van der Waals surface area contributed by atoms with Crippen LogP contribution in [0.25, 0.3) is 0 Å². The summed E-state index contributed by atoms with van der Waals surface area (Å²) < 4.78 is 5.16. The van der Waals surface area contributed by atoms with E-state index in [0.29, 0.717) is 12.8 Å². The van der Waals surface area contributed by atoms with Gasteiger partial charge in [0.1, 0.15) is 6.61 Å². The zero-order valence-electron chi connectivity index (χ0n) is 12.1. The van der Waals surface area contributed by atoms with Crippen molar-refractivity contribution < 1.29 is 14.3 Å². The Balaban J connectivity index is 1.57. The van der Waals surface area contributed by atoms with Gasteiger partial charge >= 0.3 is 6.09 Å². The molecule has 0 fully saturated rings. The lowest BCUT2D eigenvalue weighted by Crippen LogP contribution is -2.45. The fourth-order valence-corrected chi connectivity index (χ4v) is 2.61. The van der Waals surface area contributed by atoms with Crippen LogP contribution >= 0.6 is 0 Å². The maximum absolute atomic E-state index is 12.1. The summed E-state index contributed by atoms with van der Waals surface area (Å²) in [5.41, 5.74) is 3.07. The van der Waals surface area contributed by atoms with Crippen molar-refractivity contribution in [3.8, 4) is 0 Å². The molecule has 0 aromatic heterocycles. The highest BCUT2D eigenvalue weighted by molar-refractivity contribution is 5.91. The molecule has 1 N–H and O–H groups in total. The molecule has 1 amide bonds. The molecular weight excluding hydrogens is 278 g/mol. The number of fused-ring (bicyclic) bond motifs is 1. The summed E-state index contributed by atoms with van der Waals surface area (Å²) in [5, 5.41) is 2.67. The molecule has 0 unspecified atom stereocenters. The molecule has 4 nitrogen and oxygen atoms in total. The lowest BCUT2D eigenvalue weighted by Gasteiger charge is -2.24. The van der Waals surface area contributed by atoms with Gasteiger partial charge in [0.2, 0.25) is 0 Å². The lowest BCUT2D eigenvalue weighted by molar-refractivity contribution is -0.120. The lowest BCUT2D eigenvalue weighted by atomic mass is 9.87. The summed E-state index contributed by atoms with van der Waals surface area (Å²) in [5.74, 6) is 0.0235. The maximum atomic E-state index is 12.1. The minimum absolute atomic E-state index is 0.0235. The van der Waals surface area contributed by atoms with Crippen LogP contribution in [0.4, 0.5) is 4.79 Å². The van der Waals surface area contributed by atoms with Gasteiger partial charge in [-0.1, -0.05) is 54.6 Å². The molecule has 0 spiro atoms. The number of ketones is 1. The van der Waals surface area contributed by atoms with Crippen molar-refractivity contribution >= 4 is 11.9 Å². The first kappa shape index (κ1) is 14.3. The minimum atomic E-state index is -0.554. The first-order chi connectivity index (χ1) is 10.7. The van der Waals surface area contributed by atoms with E-state index in [0.717, 1.165) is 16.7 Å². The molecule has 3 rings (SSSR count). The van der Waals surface area contributed by atoms with E-state index in [2.05, 4.69) is 5.32 Å². The van der Waals surface area contributed by atoms with Crippen LogP contribution in [0.5, 0.6) is 0 Å². The molecule has 0 aliphatic heterocycles. The first-order valence-electron chi connectivity index (χ1n) is 7.29. The summed E-state index contributed by atoms with van der Waals surface area (Å²) >= 11 is 0. The van der Waals surface area contributed by atoms with Crippen molar-refractivity contribution in [3.63, 3.8) is 0 Å². The number of alkyl carbamates (subject to hydrolysis) is 1. The normalized spacial score (nSPS) is 16.7. The Kier molecular flexibility index (Phi) is 4.19. The molecule has 1 aliphatic rings. The zero-order chi connectivity index (χ0) is 15.4. The standard InChI is InChI=1S/C18H17NO3/c20-17-11-15-9-5-4-8-14(15)10-16(17)19-18(21)22-12-13-6-2-1-3-7-13/h1-9,16H,10-12H2,(H,19,21)/t16-/m1/s1. The van der Waals surface area contributed by atoms with Crippen LogP contribution in [0.1, 0.15) is 16.7 Å². The van der Waals surface area contributed by atoms with Crippen LogP contribution < -0.4 is 5.32 Å². The van der Waals surface area contributed by atoms with E-state index in [-0.39, 0.29) is 12.4 Å². The van der Waals surface area contributed by atoms with Crippen molar-refractivity contribution in [2.75, 3.05) is 0 Å². The van der Waals surface area contributed by atoms with Crippen LogP contribution in [0, 0.1) is 0 Å². The van der Waals surface area contributed by atoms with E-state index in [1.165, 1.54) is 0 Å². The molecule has 0 heterocycles. The molecule has 2 aromatic rings. The summed E-state index contributed by atoms with van der Waals surface area (Å²) in [6.45, 7) is 0.199. The summed E-state index contributed by atoms with van der Waals surface area (Å²) in [6.07, 6.45) is 0.330. The van der Waals surface area contributed by atoms with Gasteiger partial charge in [0.15, 0.2) is 5.78 Å². The van der Waals surface area contributed by atoms with E-state index >= 15 is 0 Å². The Bertz CT molecular complexity index is 682. The average Bonchev–Trinajstić information content (AvgIpc) is 2.55. The number of carbonyl (C=O) groups is 2. The van der Waals surface area contributed by atoms with Crippen molar-refractivity contribution in [3.05, 3.63) is 71.3 Å². The fourth-order valence-electron chi connectivity index (χ4n) is 2.61. The number of benzene rings is 2. The molecular formula is C18H17NO3. The van der Waals surface area contributed by atoms with Gasteiger partial charge in [0.25, 0.3) is 0 Å². The van der Waals surface area contributed by atoms with Gasteiger partial charge < -0.3 is 10.1 Å². The molecule has 0 saturated carbocycles. The number of ether oxygens (including phenoxy) is 1. The quantitative estimate of drug-likeness (QED) is 0.947. The molecule has 112 valence electrons. The first-order valence-corrected chi connectivity index (χ1v) is 7.29. The fraction of sp³-hybridized carbons (Fsp3) is 0.222. The molecule has 2 aromatic carbocycles. The topological polar surface area (TPSA) is 55.4 Å². The Morgan fingerprint density at radius 1 is 1.05 bits per heavy atom. The highest BCUT2D eigenvalue weighted by Gasteiger charge is 2.27. The monoisotopic (exact) mass is 295 g/mol. The van der Waals surface area contributed by atoms with Gasteiger partial charge in [-0.2, -0.15) is 0 Å². The second kappa shape index (κ2) is 6.43. The van der Waals surface area contributed by atoms with Gasteiger partial charge in [-0.15, -0.1) is 0 Å². The van der Waals surface area contributed by atoms with Gasteiger partial charge in [0, 0.05) is 12.8 Å². The molecule has 0 radical (unpaired) electrons. The second-order valence-corrected chi connectivity index (χ2v) is 5.37. The predicted octanol–water partition coefficient (Wildman–Crippen LogP) is 2.65. The van der Waals surface area contributed by atoms with E-state index in [4.69, 9.17) is 4.74 Å². The molecule has 1 atom stereocenters. The Morgan fingerprint density at radius 3 is 2.50 bits per heavy atom. The molecule has 22 heavy (non-hydrogen) atoms. The van der Waals surface area contributed by atoms with Crippen LogP contribution in [0.2, 0.25) is 0 Å². The number of amides is 1. The van der Waals surface area contributed by atoms with Gasteiger partial charge in [0.05, 0.1) is 6.04 Å². The summed E-state index contributed by atoms with van der Waals surface area (Å²) in [4.78, 5) is 24.0. The third-order valence-corrected chi connectivity index (χ3v) is 3.80. The van der Waals surface area contributed by atoms with Crippen LogP contribution in [-0.2, 0) is 29.0 Å². The van der Waals surface area contributed by atoms with E-state index in [9.17, 15) is 9.59 Å². The van der Waals surface area contributed by atoms with E-state index in [1.807, 2.05) is 54.6 Å². The third-order valence-electron chi connectivity index (χ3n) is 3.80. The zero-order valence-corrected chi connectivity index (χ0v) is 12.1. The van der Waals surface area contributed by atoms with E-state index in [1.54, 1.807) is 0 Å². The third kappa shape index (κ3) is 3.34. The number of nitrogens with one attached hydrogen (secondary N) is 1. The molecule has 4 heteroatoms. The number of Topliss-reactive ketones (excluding diaryl/α,β-unsaturated/α-hetero) is 1. The molecule has 1 aliphatic carbocycles. The Morgan fingerprint density at radius 2 is 1.73 bits per heavy atom. The van der Waals surface area contributed by atoms with E-state index < -0.39 is 12.1 Å². The Hall–Kier alpha value is -2.62. The average molecular weight is 295 g/mol. The minimum Gasteiger partial charge on any atom is -0.445 e. The number of carbonyl (C=O) groups excluding carboxylic acids is 2. The second-order valence-electron chi connectivity index (χ2n) is 5.37.